The molecule has 1 spiro atoms. The van der Waals surface area contributed by atoms with Gasteiger partial charge in [-0.1, -0.05) is 54.2 Å². The van der Waals surface area contributed by atoms with Gasteiger partial charge in [0.25, 0.3) is 5.91 Å². The maximum atomic E-state index is 13.5. The monoisotopic (exact) mass is 425 g/mol. The minimum atomic E-state index is -0.621. The molecule has 2 aliphatic rings. The Hall–Kier alpha value is -2.08. The predicted molar refractivity (Wildman–Crippen MR) is 122 cm³/mol. The molecule has 2 aliphatic heterocycles. The lowest BCUT2D eigenvalue weighted by Crippen LogP contribution is -2.56. The van der Waals surface area contributed by atoms with Crippen LogP contribution >= 0.6 is 23.8 Å². The van der Waals surface area contributed by atoms with Crippen molar-refractivity contribution in [1.29, 1.82) is 0 Å². The second-order valence-electron chi connectivity index (χ2n) is 7.89. The molecule has 0 atom stereocenters. The van der Waals surface area contributed by atoms with E-state index in [0.29, 0.717) is 27.3 Å². The Bertz CT molecular complexity index is 948. The summed E-state index contributed by atoms with van der Waals surface area (Å²) in [5.74, 6) is -0.0821. The Balaban J connectivity index is 1.74. The number of hydrogen-bond acceptors (Lipinski definition) is 4. The highest BCUT2D eigenvalue weighted by atomic mass is 35.5. The average Bonchev–Trinajstić information content (AvgIpc) is 3.00. The Morgan fingerprint density at radius 1 is 1.07 bits per heavy atom. The number of carbonyl (C=O) groups excluding carboxylic acids is 1. The molecule has 0 bridgehead atoms. The summed E-state index contributed by atoms with van der Waals surface area (Å²) in [6.45, 7) is 6.17. The van der Waals surface area contributed by atoms with Gasteiger partial charge in [-0.05, 0) is 38.1 Å². The molecule has 4 rings (SSSR count). The quantitative estimate of drug-likeness (QED) is 0.662. The number of hydrogen-bond donors (Lipinski definition) is 0. The fourth-order valence-corrected chi connectivity index (χ4v) is 4.66. The maximum Gasteiger partial charge on any atom is 0.260 e. The standard InChI is InChI=1S/C23H24ClN3OS/c1-16(2)26-14-12-23(13-15-26)25-20(17-8-10-19(24)11-9-17)22(29)27(23)21(28)18-6-4-3-5-7-18/h3-11,16H,12-15H2,1-2H3. The van der Waals surface area contributed by atoms with Crippen molar-refractivity contribution in [3.05, 3.63) is 70.7 Å². The first-order valence-electron chi connectivity index (χ1n) is 9.95. The van der Waals surface area contributed by atoms with Crippen LogP contribution in [0, 0.1) is 0 Å². The minimum absolute atomic E-state index is 0.0821. The smallest absolute Gasteiger partial charge is 0.260 e. The van der Waals surface area contributed by atoms with Gasteiger partial charge in [-0.2, -0.15) is 0 Å². The molecule has 0 saturated carbocycles. The number of rotatable bonds is 3. The van der Waals surface area contributed by atoms with Crippen molar-refractivity contribution in [1.82, 2.24) is 9.80 Å². The van der Waals surface area contributed by atoms with E-state index >= 15 is 0 Å². The largest absolute Gasteiger partial charge is 0.301 e. The first-order chi connectivity index (χ1) is 13.9. The van der Waals surface area contributed by atoms with E-state index < -0.39 is 5.66 Å². The number of amides is 1. The van der Waals surface area contributed by atoms with Gasteiger partial charge in [0.2, 0.25) is 0 Å². The van der Waals surface area contributed by atoms with Crippen LogP contribution in [0.4, 0.5) is 0 Å². The molecule has 1 saturated heterocycles. The molecule has 0 N–H and O–H groups in total. The van der Waals surface area contributed by atoms with Crippen LogP contribution in [0.2, 0.25) is 5.02 Å². The third kappa shape index (κ3) is 3.75. The maximum absolute atomic E-state index is 13.5. The topological polar surface area (TPSA) is 35.9 Å². The lowest BCUT2D eigenvalue weighted by molar-refractivity contribution is 0.0482. The summed E-state index contributed by atoms with van der Waals surface area (Å²) in [6.07, 6.45) is 1.53. The van der Waals surface area contributed by atoms with Crippen molar-refractivity contribution in [3.63, 3.8) is 0 Å². The third-order valence-electron chi connectivity index (χ3n) is 5.81. The molecule has 29 heavy (non-hydrogen) atoms. The molecular formula is C23H24ClN3OS. The second kappa shape index (κ2) is 7.98. The minimum Gasteiger partial charge on any atom is -0.301 e. The van der Waals surface area contributed by atoms with E-state index in [1.54, 1.807) is 4.90 Å². The Morgan fingerprint density at radius 2 is 1.69 bits per heavy atom. The molecule has 0 radical (unpaired) electrons. The van der Waals surface area contributed by atoms with E-state index in [1.807, 2.05) is 54.6 Å². The Kier molecular flexibility index (Phi) is 5.56. The van der Waals surface area contributed by atoms with Crippen LogP contribution in [0.25, 0.3) is 0 Å². The van der Waals surface area contributed by atoms with Crippen molar-refractivity contribution >= 4 is 40.4 Å². The number of aliphatic imine (C=N–C) groups is 1. The predicted octanol–water partition coefficient (Wildman–Crippen LogP) is 4.81. The Morgan fingerprint density at radius 3 is 2.28 bits per heavy atom. The van der Waals surface area contributed by atoms with Gasteiger partial charge >= 0.3 is 0 Å². The number of nitrogens with zero attached hydrogens (tertiary/aromatic N) is 3. The van der Waals surface area contributed by atoms with Gasteiger partial charge in [0.15, 0.2) is 0 Å². The average molecular weight is 426 g/mol. The molecule has 0 unspecified atom stereocenters. The zero-order chi connectivity index (χ0) is 20.6. The van der Waals surface area contributed by atoms with Crippen molar-refractivity contribution in [2.45, 2.75) is 38.4 Å². The summed E-state index contributed by atoms with van der Waals surface area (Å²) in [5, 5.41) is 0.662. The SMILES string of the molecule is CC(C)N1CCC2(CC1)N=C(c1ccc(Cl)cc1)C(=S)N2C(=O)c1ccccc1. The van der Waals surface area contributed by atoms with Gasteiger partial charge in [-0.25, -0.2) is 0 Å². The molecule has 2 heterocycles. The molecule has 0 aromatic heterocycles. The van der Waals surface area contributed by atoms with Gasteiger partial charge < -0.3 is 4.90 Å². The summed E-state index contributed by atoms with van der Waals surface area (Å²) in [7, 11) is 0. The van der Waals surface area contributed by atoms with Crippen LogP contribution in [-0.4, -0.2) is 51.2 Å². The summed E-state index contributed by atoms with van der Waals surface area (Å²) in [5.41, 5.74) is 1.62. The summed E-state index contributed by atoms with van der Waals surface area (Å²) < 4.78 is 0. The number of halogens is 1. The highest BCUT2D eigenvalue weighted by Gasteiger charge is 2.50. The number of thiocarbonyl (C=S) groups is 1. The summed E-state index contributed by atoms with van der Waals surface area (Å²) in [6, 6.07) is 17.3. The van der Waals surface area contributed by atoms with Crippen molar-refractivity contribution in [3.8, 4) is 0 Å². The van der Waals surface area contributed by atoms with E-state index in [0.717, 1.165) is 31.5 Å². The third-order valence-corrected chi connectivity index (χ3v) is 6.44. The zero-order valence-corrected chi connectivity index (χ0v) is 18.2. The van der Waals surface area contributed by atoms with Gasteiger partial charge in [-0.3, -0.25) is 14.7 Å². The highest BCUT2D eigenvalue weighted by molar-refractivity contribution is 7.82. The number of piperidine rings is 1. The van der Waals surface area contributed by atoms with Crippen LogP contribution in [0.1, 0.15) is 42.6 Å². The van der Waals surface area contributed by atoms with E-state index in [4.69, 9.17) is 28.8 Å². The molecule has 6 heteroatoms. The highest BCUT2D eigenvalue weighted by Crippen LogP contribution is 2.38. The molecule has 1 fully saturated rings. The Labute approximate surface area is 182 Å². The zero-order valence-electron chi connectivity index (χ0n) is 16.6. The number of likely N-dealkylation sites (tertiary alicyclic amines) is 1. The van der Waals surface area contributed by atoms with Crippen molar-refractivity contribution in [2.75, 3.05) is 13.1 Å². The second-order valence-corrected chi connectivity index (χ2v) is 8.71. The summed E-state index contributed by atoms with van der Waals surface area (Å²) >= 11 is 11.9. The van der Waals surface area contributed by atoms with Crippen LogP contribution in [-0.2, 0) is 0 Å². The first-order valence-corrected chi connectivity index (χ1v) is 10.7. The summed E-state index contributed by atoms with van der Waals surface area (Å²) in [4.78, 5) is 23.3. The fourth-order valence-electron chi connectivity index (χ4n) is 4.12. The van der Waals surface area contributed by atoms with Crippen LogP contribution in [0.15, 0.2) is 59.6 Å². The van der Waals surface area contributed by atoms with Crippen LogP contribution in [0.5, 0.6) is 0 Å². The van der Waals surface area contributed by atoms with Gasteiger partial charge in [0, 0.05) is 48.1 Å². The lowest BCUT2D eigenvalue weighted by atomic mass is 9.94. The van der Waals surface area contributed by atoms with E-state index in [2.05, 4.69) is 18.7 Å². The normalized spacial score (nSPS) is 19.1. The molecule has 150 valence electrons. The molecule has 2 aromatic carbocycles. The van der Waals surface area contributed by atoms with Gasteiger partial charge in [0.1, 0.15) is 16.4 Å². The molecular weight excluding hydrogens is 402 g/mol. The van der Waals surface area contributed by atoms with E-state index in [9.17, 15) is 4.79 Å². The van der Waals surface area contributed by atoms with Gasteiger partial charge in [-0.15, -0.1) is 0 Å². The van der Waals surface area contributed by atoms with Crippen molar-refractivity contribution in [2.24, 2.45) is 4.99 Å². The van der Waals surface area contributed by atoms with Crippen LogP contribution in [0.3, 0.4) is 0 Å². The first kappa shape index (κ1) is 20.2. The number of carbonyl (C=O) groups is 1. The van der Waals surface area contributed by atoms with Crippen LogP contribution < -0.4 is 0 Å². The fraction of sp³-hybridized carbons (Fsp3) is 0.348. The lowest BCUT2D eigenvalue weighted by Gasteiger charge is -2.43. The molecule has 0 aliphatic carbocycles. The number of benzene rings is 2. The van der Waals surface area contributed by atoms with E-state index in [-0.39, 0.29) is 5.91 Å². The van der Waals surface area contributed by atoms with Crippen molar-refractivity contribution < 1.29 is 4.79 Å². The van der Waals surface area contributed by atoms with E-state index in [1.165, 1.54) is 0 Å². The molecule has 4 nitrogen and oxygen atoms in total. The molecule has 1 amide bonds. The van der Waals surface area contributed by atoms with Gasteiger partial charge in [0.05, 0.1) is 0 Å². The molecule has 2 aromatic rings.